The summed E-state index contributed by atoms with van der Waals surface area (Å²) in [7, 11) is 2.05. The van der Waals surface area contributed by atoms with Gasteiger partial charge >= 0.3 is 0 Å². The zero-order valence-corrected chi connectivity index (χ0v) is 13.1. The lowest BCUT2D eigenvalue weighted by atomic mass is 9.85. The highest BCUT2D eigenvalue weighted by Crippen LogP contribution is 2.29. The normalized spacial score (nSPS) is 21.0. The molecule has 0 aromatic carbocycles. The van der Waals surface area contributed by atoms with Crippen molar-refractivity contribution in [1.82, 2.24) is 19.9 Å². The molecule has 2 unspecified atom stereocenters. The van der Waals surface area contributed by atoms with Crippen molar-refractivity contribution in [2.24, 2.45) is 12.9 Å². The standard InChI is InChI=1S/C15H29N5/c1-4-15(2,20-10-5-6-11-20)13(18-16)7-8-14-17-9-12-19(14)3/h9,12-13,18H,4-8,10-11,16H2,1-3H3. The summed E-state index contributed by atoms with van der Waals surface area (Å²) < 4.78 is 2.09. The van der Waals surface area contributed by atoms with E-state index in [1.807, 2.05) is 19.4 Å². The summed E-state index contributed by atoms with van der Waals surface area (Å²) in [4.78, 5) is 7.02. The van der Waals surface area contributed by atoms with E-state index in [9.17, 15) is 0 Å². The molecular weight excluding hydrogens is 250 g/mol. The van der Waals surface area contributed by atoms with Crippen LogP contribution in [-0.2, 0) is 13.5 Å². The highest BCUT2D eigenvalue weighted by molar-refractivity contribution is 5.00. The maximum absolute atomic E-state index is 5.88. The number of hydrazine groups is 1. The van der Waals surface area contributed by atoms with Crippen molar-refractivity contribution in [3.05, 3.63) is 18.2 Å². The first-order valence-electron chi connectivity index (χ1n) is 7.79. The highest BCUT2D eigenvalue weighted by atomic mass is 15.3. The van der Waals surface area contributed by atoms with Crippen molar-refractivity contribution in [2.75, 3.05) is 13.1 Å². The van der Waals surface area contributed by atoms with Crippen LogP contribution in [0.5, 0.6) is 0 Å². The van der Waals surface area contributed by atoms with Crippen LogP contribution < -0.4 is 11.3 Å². The number of aryl methyl sites for hydroxylation is 2. The van der Waals surface area contributed by atoms with Crippen LogP contribution in [0.2, 0.25) is 0 Å². The minimum Gasteiger partial charge on any atom is -0.338 e. The Morgan fingerprint density at radius 3 is 2.65 bits per heavy atom. The Labute approximate surface area is 122 Å². The fraction of sp³-hybridized carbons (Fsp3) is 0.800. The number of hydrogen-bond donors (Lipinski definition) is 2. The van der Waals surface area contributed by atoms with Gasteiger partial charge in [-0.2, -0.15) is 0 Å². The van der Waals surface area contributed by atoms with E-state index >= 15 is 0 Å². The van der Waals surface area contributed by atoms with Crippen LogP contribution in [0.4, 0.5) is 0 Å². The molecule has 3 N–H and O–H groups in total. The average Bonchev–Trinajstić information content (AvgIpc) is 3.11. The molecule has 1 aliphatic rings. The number of nitrogens with two attached hydrogens (primary N) is 1. The molecule has 1 aliphatic heterocycles. The van der Waals surface area contributed by atoms with Crippen molar-refractivity contribution in [3.63, 3.8) is 0 Å². The molecule has 0 spiro atoms. The van der Waals surface area contributed by atoms with Crippen LogP contribution in [0, 0.1) is 0 Å². The zero-order chi connectivity index (χ0) is 14.6. The Morgan fingerprint density at radius 1 is 1.45 bits per heavy atom. The smallest absolute Gasteiger partial charge is 0.108 e. The summed E-state index contributed by atoms with van der Waals surface area (Å²) in [5, 5.41) is 0. The van der Waals surface area contributed by atoms with Gasteiger partial charge in [0.2, 0.25) is 0 Å². The highest BCUT2D eigenvalue weighted by Gasteiger charge is 2.38. The third kappa shape index (κ3) is 3.05. The minimum absolute atomic E-state index is 0.135. The second-order valence-corrected chi connectivity index (χ2v) is 6.12. The molecule has 0 aliphatic carbocycles. The third-order valence-electron chi connectivity index (χ3n) is 5.07. The Hall–Kier alpha value is -0.910. The van der Waals surface area contributed by atoms with Gasteiger partial charge in [0.25, 0.3) is 0 Å². The van der Waals surface area contributed by atoms with Gasteiger partial charge in [0.05, 0.1) is 0 Å². The lowest BCUT2D eigenvalue weighted by Crippen LogP contribution is -2.60. The number of rotatable bonds is 7. The molecule has 20 heavy (non-hydrogen) atoms. The maximum atomic E-state index is 5.88. The maximum Gasteiger partial charge on any atom is 0.108 e. The predicted molar refractivity (Wildman–Crippen MR) is 82.1 cm³/mol. The number of nitrogens with one attached hydrogen (secondary N) is 1. The van der Waals surface area contributed by atoms with E-state index < -0.39 is 0 Å². The van der Waals surface area contributed by atoms with Crippen molar-refractivity contribution in [1.29, 1.82) is 0 Å². The minimum atomic E-state index is 0.135. The summed E-state index contributed by atoms with van der Waals surface area (Å²) >= 11 is 0. The second kappa shape index (κ2) is 6.70. The quantitative estimate of drug-likeness (QED) is 0.586. The second-order valence-electron chi connectivity index (χ2n) is 6.12. The van der Waals surface area contributed by atoms with E-state index in [1.54, 1.807) is 0 Å². The molecule has 2 heterocycles. The van der Waals surface area contributed by atoms with Crippen molar-refractivity contribution in [2.45, 2.75) is 57.5 Å². The van der Waals surface area contributed by atoms with Gasteiger partial charge in [0.15, 0.2) is 0 Å². The molecule has 5 nitrogen and oxygen atoms in total. The summed E-state index contributed by atoms with van der Waals surface area (Å²) in [6.45, 7) is 7.01. The Morgan fingerprint density at radius 2 is 2.15 bits per heavy atom. The van der Waals surface area contributed by atoms with E-state index in [1.165, 1.54) is 25.9 Å². The van der Waals surface area contributed by atoms with E-state index in [0.717, 1.165) is 25.1 Å². The number of imidazole rings is 1. The molecule has 1 aromatic heterocycles. The van der Waals surface area contributed by atoms with Crippen LogP contribution in [-0.4, -0.2) is 39.1 Å². The zero-order valence-electron chi connectivity index (χ0n) is 13.1. The first-order valence-corrected chi connectivity index (χ1v) is 7.79. The van der Waals surface area contributed by atoms with E-state index in [4.69, 9.17) is 5.84 Å². The Balaban J connectivity index is 2.03. The molecule has 0 saturated carbocycles. The van der Waals surface area contributed by atoms with Gasteiger partial charge in [0.1, 0.15) is 5.82 Å². The monoisotopic (exact) mass is 279 g/mol. The number of hydrogen-bond acceptors (Lipinski definition) is 4. The van der Waals surface area contributed by atoms with Crippen molar-refractivity contribution >= 4 is 0 Å². The molecule has 5 heteroatoms. The van der Waals surface area contributed by atoms with Crippen LogP contribution >= 0.6 is 0 Å². The number of likely N-dealkylation sites (tertiary alicyclic amines) is 1. The van der Waals surface area contributed by atoms with Gasteiger partial charge < -0.3 is 4.57 Å². The van der Waals surface area contributed by atoms with Crippen LogP contribution in [0.25, 0.3) is 0 Å². The molecule has 1 aromatic rings. The number of nitrogens with zero attached hydrogens (tertiary/aromatic N) is 3. The van der Waals surface area contributed by atoms with E-state index in [-0.39, 0.29) is 5.54 Å². The SMILES string of the molecule is CCC(C)(C(CCc1nccn1C)NN)N1CCCC1. The summed E-state index contributed by atoms with van der Waals surface area (Å²) in [5.41, 5.74) is 3.21. The fourth-order valence-corrected chi connectivity index (χ4v) is 3.40. The van der Waals surface area contributed by atoms with Gasteiger partial charge in [-0.15, -0.1) is 0 Å². The van der Waals surface area contributed by atoms with Crippen LogP contribution in [0.15, 0.2) is 12.4 Å². The van der Waals surface area contributed by atoms with Gasteiger partial charge in [-0.05, 0) is 45.7 Å². The van der Waals surface area contributed by atoms with Gasteiger partial charge in [-0.3, -0.25) is 16.2 Å². The molecule has 1 saturated heterocycles. The molecule has 114 valence electrons. The van der Waals surface area contributed by atoms with Crippen molar-refractivity contribution in [3.8, 4) is 0 Å². The van der Waals surface area contributed by atoms with Gasteiger partial charge in [-0.1, -0.05) is 6.92 Å². The largest absolute Gasteiger partial charge is 0.338 e. The fourth-order valence-electron chi connectivity index (χ4n) is 3.40. The summed E-state index contributed by atoms with van der Waals surface area (Å²) in [6, 6.07) is 0.294. The van der Waals surface area contributed by atoms with E-state index in [0.29, 0.717) is 6.04 Å². The molecule has 0 bridgehead atoms. The predicted octanol–water partition coefficient (Wildman–Crippen LogP) is 1.45. The molecule has 2 atom stereocenters. The molecular formula is C15H29N5. The molecule has 0 radical (unpaired) electrons. The topological polar surface area (TPSA) is 59.1 Å². The molecule has 1 fully saturated rings. The van der Waals surface area contributed by atoms with Crippen molar-refractivity contribution < 1.29 is 0 Å². The summed E-state index contributed by atoms with van der Waals surface area (Å²) in [6.07, 6.45) is 9.57. The van der Waals surface area contributed by atoms with Crippen LogP contribution in [0.3, 0.4) is 0 Å². The molecule has 2 rings (SSSR count). The first-order chi connectivity index (χ1) is 9.61. The lowest BCUT2D eigenvalue weighted by Gasteiger charge is -2.44. The number of aromatic nitrogens is 2. The van der Waals surface area contributed by atoms with Crippen LogP contribution in [0.1, 0.15) is 45.4 Å². The Bertz CT molecular complexity index is 410. The third-order valence-corrected chi connectivity index (χ3v) is 5.07. The van der Waals surface area contributed by atoms with Gasteiger partial charge in [-0.25, -0.2) is 4.98 Å². The summed E-state index contributed by atoms with van der Waals surface area (Å²) in [5.74, 6) is 7.01. The van der Waals surface area contributed by atoms with E-state index in [2.05, 4.69) is 33.7 Å². The average molecular weight is 279 g/mol. The molecule has 0 amide bonds. The Kier molecular flexibility index (Phi) is 5.18. The van der Waals surface area contributed by atoms with Gasteiger partial charge in [0, 0.05) is 37.4 Å². The first kappa shape index (κ1) is 15.5. The lowest BCUT2D eigenvalue weighted by molar-refractivity contribution is 0.0802.